The van der Waals surface area contributed by atoms with Gasteiger partial charge in [0.2, 0.25) is 0 Å². The molecule has 1 aliphatic carbocycles. The number of hydrogen-bond donors (Lipinski definition) is 2. The van der Waals surface area contributed by atoms with Crippen LogP contribution in [-0.2, 0) is 10.3 Å². The number of carbonyl (C=O) groups is 1. The zero-order valence-electron chi connectivity index (χ0n) is 11.5. The number of carboxylic acids is 1. The quantitative estimate of drug-likeness (QED) is 0.891. The van der Waals surface area contributed by atoms with Crippen molar-refractivity contribution in [2.24, 2.45) is 0 Å². The Hall–Kier alpha value is -1.13. The van der Waals surface area contributed by atoms with Gasteiger partial charge in [0.1, 0.15) is 11.4 Å². The third kappa shape index (κ3) is 3.13. The first-order valence-electron chi connectivity index (χ1n) is 6.90. The SMILES string of the molecule is CC(NC1CCCCC1)(C(=O)O)c1ccc(F)cc1Cl. The second-order valence-corrected chi connectivity index (χ2v) is 5.94. The summed E-state index contributed by atoms with van der Waals surface area (Å²) in [6.07, 6.45) is 5.32. The van der Waals surface area contributed by atoms with Gasteiger partial charge in [-0.2, -0.15) is 0 Å². The van der Waals surface area contributed by atoms with Crippen molar-refractivity contribution in [3.63, 3.8) is 0 Å². The van der Waals surface area contributed by atoms with E-state index >= 15 is 0 Å². The molecule has 1 atom stereocenters. The van der Waals surface area contributed by atoms with E-state index in [1.807, 2.05) is 0 Å². The van der Waals surface area contributed by atoms with Gasteiger partial charge >= 0.3 is 5.97 Å². The molecule has 1 saturated carbocycles. The molecule has 2 N–H and O–H groups in total. The van der Waals surface area contributed by atoms with Crippen LogP contribution in [0, 0.1) is 5.82 Å². The fourth-order valence-corrected chi connectivity index (χ4v) is 3.16. The summed E-state index contributed by atoms with van der Waals surface area (Å²) in [5.74, 6) is -1.47. The monoisotopic (exact) mass is 299 g/mol. The first-order chi connectivity index (χ1) is 9.43. The van der Waals surface area contributed by atoms with Gasteiger partial charge in [-0.05, 0) is 31.9 Å². The summed E-state index contributed by atoms with van der Waals surface area (Å²) < 4.78 is 13.1. The summed E-state index contributed by atoms with van der Waals surface area (Å²) in [7, 11) is 0. The Morgan fingerprint density at radius 1 is 1.40 bits per heavy atom. The number of rotatable bonds is 4. The predicted octanol–water partition coefficient (Wildman–Crippen LogP) is 3.70. The molecule has 2 rings (SSSR count). The van der Waals surface area contributed by atoms with Crippen molar-refractivity contribution in [2.75, 3.05) is 0 Å². The van der Waals surface area contributed by atoms with E-state index in [4.69, 9.17) is 11.6 Å². The largest absolute Gasteiger partial charge is 0.480 e. The lowest BCUT2D eigenvalue weighted by Crippen LogP contribution is -2.52. The second kappa shape index (κ2) is 6.10. The molecule has 5 heteroatoms. The summed E-state index contributed by atoms with van der Waals surface area (Å²) in [6, 6.07) is 4.00. The molecule has 0 radical (unpaired) electrons. The molecule has 1 aromatic rings. The van der Waals surface area contributed by atoms with Crippen molar-refractivity contribution in [3.05, 3.63) is 34.6 Å². The van der Waals surface area contributed by atoms with Crippen molar-refractivity contribution in [2.45, 2.75) is 50.6 Å². The average Bonchev–Trinajstić information content (AvgIpc) is 2.39. The van der Waals surface area contributed by atoms with Crippen molar-refractivity contribution in [1.82, 2.24) is 5.32 Å². The van der Waals surface area contributed by atoms with E-state index in [0.717, 1.165) is 31.7 Å². The number of aliphatic carboxylic acids is 1. The summed E-state index contributed by atoms with van der Waals surface area (Å²) in [5, 5.41) is 12.9. The van der Waals surface area contributed by atoms with Crippen molar-refractivity contribution >= 4 is 17.6 Å². The highest BCUT2D eigenvalue weighted by atomic mass is 35.5. The van der Waals surface area contributed by atoms with E-state index in [9.17, 15) is 14.3 Å². The molecular weight excluding hydrogens is 281 g/mol. The summed E-state index contributed by atoms with van der Waals surface area (Å²) in [5.41, 5.74) is -0.897. The number of halogens is 2. The molecule has 20 heavy (non-hydrogen) atoms. The number of hydrogen-bond acceptors (Lipinski definition) is 2. The number of carboxylic acid groups (broad SMARTS) is 1. The van der Waals surface area contributed by atoms with Gasteiger partial charge < -0.3 is 5.11 Å². The lowest BCUT2D eigenvalue weighted by atomic mass is 9.87. The van der Waals surface area contributed by atoms with Crippen LogP contribution in [0.15, 0.2) is 18.2 Å². The Morgan fingerprint density at radius 3 is 2.60 bits per heavy atom. The Kier molecular flexibility index (Phi) is 4.66. The Balaban J connectivity index is 2.30. The van der Waals surface area contributed by atoms with Crippen LogP contribution in [0.25, 0.3) is 0 Å². The average molecular weight is 300 g/mol. The number of benzene rings is 1. The zero-order valence-corrected chi connectivity index (χ0v) is 12.2. The first kappa shape index (κ1) is 15.3. The van der Waals surface area contributed by atoms with Gasteiger partial charge in [-0.3, -0.25) is 5.32 Å². The van der Waals surface area contributed by atoms with Gasteiger partial charge in [0, 0.05) is 16.6 Å². The smallest absolute Gasteiger partial charge is 0.328 e. The highest BCUT2D eigenvalue weighted by Crippen LogP contribution is 2.31. The molecule has 0 bridgehead atoms. The highest BCUT2D eigenvalue weighted by Gasteiger charge is 2.39. The molecule has 0 aliphatic heterocycles. The minimum absolute atomic E-state index is 0.137. The molecule has 1 fully saturated rings. The van der Waals surface area contributed by atoms with Crippen LogP contribution in [0.2, 0.25) is 5.02 Å². The minimum Gasteiger partial charge on any atom is -0.480 e. The molecule has 0 saturated heterocycles. The Bertz CT molecular complexity index is 503. The summed E-state index contributed by atoms with van der Waals surface area (Å²) >= 11 is 6.03. The van der Waals surface area contributed by atoms with Gasteiger partial charge in [-0.15, -0.1) is 0 Å². The van der Waals surface area contributed by atoms with Gasteiger partial charge in [0.15, 0.2) is 0 Å². The van der Waals surface area contributed by atoms with Crippen molar-refractivity contribution in [1.29, 1.82) is 0 Å². The van der Waals surface area contributed by atoms with Crippen LogP contribution in [0.1, 0.15) is 44.6 Å². The molecule has 0 aromatic heterocycles. The fourth-order valence-electron chi connectivity index (χ4n) is 2.80. The molecular formula is C15H19ClFNO2. The maximum absolute atomic E-state index is 13.1. The van der Waals surface area contributed by atoms with E-state index in [1.165, 1.54) is 18.6 Å². The van der Waals surface area contributed by atoms with E-state index in [1.54, 1.807) is 6.92 Å². The highest BCUT2D eigenvalue weighted by molar-refractivity contribution is 6.31. The second-order valence-electron chi connectivity index (χ2n) is 5.53. The van der Waals surface area contributed by atoms with E-state index < -0.39 is 17.3 Å². The molecule has 1 aliphatic rings. The zero-order chi connectivity index (χ0) is 14.8. The third-order valence-electron chi connectivity index (χ3n) is 4.00. The van der Waals surface area contributed by atoms with Crippen LogP contribution in [0.5, 0.6) is 0 Å². The van der Waals surface area contributed by atoms with Crippen LogP contribution < -0.4 is 5.32 Å². The fraction of sp³-hybridized carbons (Fsp3) is 0.533. The summed E-state index contributed by atoms with van der Waals surface area (Å²) in [6.45, 7) is 1.59. The third-order valence-corrected chi connectivity index (χ3v) is 4.31. The molecule has 0 spiro atoms. The van der Waals surface area contributed by atoms with Crippen molar-refractivity contribution < 1.29 is 14.3 Å². The maximum atomic E-state index is 13.1. The van der Waals surface area contributed by atoms with E-state index in [0.29, 0.717) is 5.56 Å². The molecule has 1 aromatic carbocycles. The Labute approximate surface area is 123 Å². The number of nitrogens with one attached hydrogen (secondary N) is 1. The topological polar surface area (TPSA) is 49.3 Å². The van der Waals surface area contributed by atoms with Crippen LogP contribution in [0.3, 0.4) is 0 Å². The lowest BCUT2D eigenvalue weighted by molar-refractivity contribution is -0.145. The van der Waals surface area contributed by atoms with Gasteiger partial charge in [0.25, 0.3) is 0 Å². The standard InChI is InChI=1S/C15H19ClFNO2/c1-15(14(19)20,18-11-5-3-2-4-6-11)12-8-7-10(17)9-13(12)16/h7-9,11,18H,2-6H2,1H3,(H,19,20). The van der Waals surface area contributed by atoms with Gasteiger partial charge in [-0.25, -0.2) is 9.18 Å². The Morgan fingerprint density at radius 2 is 2.05 bits per heavy atom. The normalized spacial score (nSPS) is 19.6. The van der Waals surface area contributed by atoms with E-state index in [-0.39, 0.29) is 11.1 Å². The van der Waals surface area contributed by atoms with Crippen LogP contribution >= 0.6 is 11.6 Å². The van der Waals surface area contributed by atoms with Crippen LogP contribution in [-0.4, -0.2) is 17.1 Å². The molecule has 3 nitrogen and oxygen atoms in total. The summed E-state index contributed by atoms with van der Waals surface area (Å²) in [4.78, 5) is 11.7. The van der Waals surface area contributed by atoms with Crippen molar-refractivity contribution in [3.8, 4) is 0 Å². The lowest BCUT2D eigenvalue weighted by Gasteiger charge is -2.34. The van der Waals surface area contributed by atoms with Crippen LogP contribution in [0.4, 0.5) is 4.39 Å². The molecule has 0 heterocycles. The molecule has 1 unspecified atom stereocenters. The molecule has 0 amide bonds. The van der Waals surface area contributed by atoms with Gasteiger partial charge in [0.05, 0.1) is 0 Å². The first-order valence-corrected chi connectivity index (χ1v) is 7.28. The molecule has 110 valence electrons. The van der Waals surface area contributed by atoms with Gasteiger partial charge in [-0.1, -0.05) is 36.9 Å². The minimum atomic E-state index is -1.30. The predicted molar refractivity (Wildman–Crippen MR) is 76.4 cm³/mol. The maximum Gasteiger partial charge on any atom is 0.328 e. The van der Waals surface area contributed by atoms with E-state index in [2.05, 4.69) is 5.32 Å².